The molecular weight excluding hydrogens is 448 g/mol. The van der Waals surface area contributed by atoms with Crippen LogP contribution >= 0.6 is 11.6 Å². The fourth-order valence-electron chi connectivity index (χ4n) is 4.19. The summed E-state index contributed by atoms with van der Waals surface area (Å²) in [6.45, 7) is 4.53. The van der Waals surface area contributed by atoms with Crippen molar-refractivity contribution >= 4 is 28.9 Å². The van der Waals surface area contributed by atoms with E-state index in [9.17, 15) is 8.78 Å². The molecule has 0 atom stereocenters. The van der Waals surface area contributed by atoms with Crippen molar-refractivity contribution in [2.24, 2.45) is 0 Å². The Kier molecular flexibility index (Phi) is 6.28. The lowest BCUT2D eigenvalue weighted by molar-refractivity contribution is 0.122. The van der Waals surface area contributed by atoms with E-state index >= 15 is 0 Å². The summed E-state index contributed by atoms with van der Waals surface area (Å²) in [6.07, 6.45) is 2.54. The molecule has 0 saturated carbocycles. The molecule has 0 aliphatic carbocycles. The highest BCUT2D eigenvalue weighted by molar-refractivity contribution is 6.31. The van der Waals surface area contributed by atoms with Gasteiger partial charge >= 0.3 is 0 Å². The average molecular weight is 472 g/mol. The molecular formula is C24H24ClF2N5O. The molecule has 3 aromatic rings. The molecule has 172 valence electrons. The van der Waals surface area contributed by atoms with Gasteiger partial charge in [0.05, 0.1) is 30.1 Å². The largest absolute Gasteiger partial charge is 0.378 e. The number of nitrogens with zero attached hydrogens (tertiary/aromatic N) is 4. The van der Waals surface area contributed by atoms with Crippen LogP contribution in [0.3, 0.4) is 0 Å². The zero-order valence-corrected chi connectivity index (χ0v) is 18.8. The molecule has 0 amide bonds. The minimum absolute atomic E-state index is 0.100. The molecule has 0 spiro atoms. The minimum Gasteiger partial charge on any atom is -0.378 e. The molecule has 1 saturated heterocycles. The third-order valence-corrected chi connectivity index (χ3v) is 6.37. The molecule has 0 unspecified atom stereocenters. The van der Waals surface area contributed by atoms with Crippen molar-refractivity contribution < 1.29 is 13.5 Å². The van der Waals surface area contributed by atoms with Gasteiger partial charge in [0, 0.05) is 49.5 Å². The number of anilines is 3. The van der Waals surface area contributed by atoms with E-state index in [-0.39, 0.29) is 17.1 Å². The van der Waals surface area contributed by atoms with Gasteiger partial charge in [-0.3, -0.25) is 0 Å². The van der Waals surface area contributed by atoms with Gasteiger partial charge < -0.3 is 19.9 Å². The van der Waals surface area contributed by atoms with Gasteiger partial charge in [-0.15, -0.1) is 0 Å². The maximum atomic E-state index is 14.5. The first-order valence-corrected chi connectivity index (χ1v) is 11.4. The van der Waals surface area contributed by atoms with E-state index in [1.165, 1.54) is 0 Å². The summed E-state index contributed by atoms with van der Waals surface area (Å²) < 4.78 is 33.9. The molecule has 0 radical (unpaired) electrons. The maximum Gasteiger partial charge on any atom is 0.172 e. The molecule has 9 heteroatoms. The molecule has 0 bridgehead atoms. The van der Waals surface area contributed by atoms with Crippen molar-refractivity contribution in [3.05, 3.63) is 64.8 Å². The highest BCUT2D eigenvalue weighted by Crippen LogP contribution is 2.32. The van der Waals surface area contributed by atoms with Crippen molar-refractivity contribution in [2.45, 2.75) is 13.0 Å². The summed E-state index contributed by atoms with van der Waals surface area (Å²) in [4.78, 5) is 13.7. The van der Waals surface area contributed by atoms with Crippen LogP contribution in [0.5, 0.6) is 0 Å². The number of morpholine rings is 1. The lowest BCUT2D eigenvalue weighted by atomic mass is 10.1. The Morgan fingerprint density at radius 3 is 2.73 bits per heavy atom. The third kappa shape index (κ3) is 4.58. The fraction of sp³-hybridized carbons (Fsp3) is 0.333. The van der Waals surface area contributed by atoms with Crippen LogP contribution in [0, 0.1) is 11.6 Å². The zero-order chi connectivity index (χ0) is 22.8. The molecule has 5 rings (SSSR count). The summed E-state index contributed by atoms with van der Waals surface area (Å²) in [7, 11) is 0. The number of rotatable bonds is 4. The number of aromatic nitrogens is 2. The van der Waals surface area contributed by atoms with E-state index in [1.807, 2.05) is 17.0 Å². The van der Waals surface area contributed by atoms with Crippen LogP contribution in [-0.4, -0.2) is 49.4 Å². The number of nitrogens with one attached hydrogen (secondary N) is 1. The summed E-state index contributed by atoms with van der Waals surface area (Å²) in [5.74, 6) is 0.0403. The predicted octanol–water partition coefficient (Wildman–Crippen LogP) is 4.73. The molecule has 1 N–H and O–H groups in total. The van der Waals surface area contributed by atoms with Gasteiger partial charge in [-0.05, 0) is 30.7 Å². The molecule has 3 heterocycles. The normalized spacial score (nSPS) is 16.2. The van der Waals surface area contributed by atoms with Crippen molar-refractivity contribution in [3.8, 4) is 11.3 Å². The topological polar surface area (TPSA) is 53.5 Å². The first-order valence-electron chi connectivity index (χ1n) is 11.0. The van der Waals surface area contributed by atoms with E-state index in [4.69, 9.17) is 21.3 Å². The predicted molar refractivity (Wildman–Crippen MR) is 126 cm³/mol. The molecule has 1 aromatic heterocycles. The lowest BCUT2D eigenvalue weighted by Crippen LogP contribution is -2.36. The summed E-state index contributed by atoms with van der Waals surface area (Å²) >= 11 is 6.10. The van der Waals surface area contributed by atoms with Gasteiger partial charge in [0.2, 0.25) is 0 Å². The number of hydrogen-bond acceptors (Lipinski definition) is 6. The number of ether oxygens (including phenoxy) is 1. The van der Waals surface area contributed by atoms with Gasteiger partial charge in [-0.1, -0.05) is 23.7 Å². The Morgan fingerprint density at radius 2 is 1.88 bits per heavy atom. The van der Waals surface area contributed by atoms with Gasteiger partial charge in [0.25, 0.3) is 0 Å². The second-order valence-electron chi connectivity index (χ2n) is 8.10. The molecule has 2 aliphatic heterocycles. The quantitative estimate of drug-likeness (QED) is 0.555. The summed E-state index contributed by atoms with van der Waals surface area (Å²) in [5, 5.41) is 3.09. The Morgan fingerprint density at radius 1 is 1.06 bits per heavy atom. The Hall–Kier alpha value is -2.97. The first kappa shape index (κ1) is 21.9. The highest BCUT2D eigenvalue weighted by atomic mass is 35.5. The SMILES string of the molecule is Fc1ccc(F)c(CN2CCCNc3ncc(-c4cccc(N5CCOCC5)c4)nc32)c1Cl. The molecule has 33 heavy (non-hydrogen) atoms. The van der Waals surface area contributed by atoms with Gasteiger partial charge in [-0.2, -0.15) is 0 Å². The monoisotopic (exact) mass is 471 g/mol. The minimum atomic E-state index is -0.638. The lowest BCUT2D eigenvalue weighted by Gasteiger charge is -2.29. The molecule has 2 aromatic carbocycles. The Labute approximate surface area is 196 Å². The zero-order valence-electron chi connectivity index (χ0n) is 18.0. The van der Waals surface area contributed by atoms with E-state index < -0.39 is 11.6 Å². The van der Waals surface area contributed by atoms with Gasteiger partial charge in [-0.25, -0.2) is 18.7 Å². The van der Waals surface area contributed by atoms with E-state index in [0.717, 1.165) is 42.9 Å². The van der Waals surface area contributed by atoms with Crippen molar-refractivity contribution in [2.75, 3.05) is 54.5 Å². The molecule has 1 fully saturated rings. The van der Waals surface area contributed by atoms with Gasteiger partial charge in [0.1, 0.15) is 11.6 Å². The Balaban J connectivity index is 1.49. The van der Waals surface area contributed by atoms with E-state index in [2.05, 4.69) is 27.3 Å². The molecule has 2 aliphatic rings. The summed E-state index contributed by atoms with van der Waals surface area (Å²) in [6, 6.07) is 10.3. The highest BCUT2D eigenvalue weighted by Gasteiger charge is 2.23. The number of hydrogen-bond donors (Lipinski definition) is 1. The van der Waals surface area contributed by atoms with E-state index in [1.54, 1.807) is 6.20 Å². The number of fused-ring (bicyclic) bond motifs is 1. The number of benzene rings is 2. The van der Waals surface area contributed by atoms with Crippen LogP contribution in [0.25, 0.3) is 11.3 Å². The molecule has 6 nitrogen and oxygen atoms in total. The summed E-state index contributed by atoms with van der Waals surface area (Å²) in [5.41, 5.74) is 2.87. The smallest absolute Gasteiger partial charge is 0.172 e. The first-order chi connectivity index (χ1) is 16.1. The standard InChI is InChI=1S/C24H24ClF2N5O/c25-22-18(19(26)5-6-20(22)27)15-32-8-2-7-28-23-24(32)30-21(14-29-23)16-3-1-4-17(13-16)31-9-11-33-12-10-31/h1,3-6,13-14H,2,7-12,15H2,(H,28,29). The van der Waals surface area contributed by atoms with Crippen molar-refractivity contribution in [1.29, 1.82) is 0 Å². The van der Waals surface area contributed by atoms with Crippen LogP contribution in [0.1, 0.15) is 12.0 Å². The van der Waals surface area contributed by atoms with Gasteiger partial charge in [0.15, 0.2) is 11.6 Å². The Bertz CT molecular complexity index is 1160. The maximum absolute atomic E-state index is 14.5. The average Bonchev–Trinajstić information content (AvgIpc) is 3.06. The third-order valence-electron chi connectivity index (χ3n) is 5.96. The fourth-order valence-corrected chi connectivity index (χ4v) is 4.40. The second kappa shape index (κ2) is 9.49. The van der Waals surface area contributed by atoms with Crippen molar-refractivity contribution in [1.82, 2.24) is 9.97 Å². The van der Waals surface area contributed by atoms with Crippen LogP contribution in [0.4, 0.5) is 26.1 Å². The van der Waals surface area contributed by atoms with Crippen LogP contribution < -0.4 is 15.1 Å². The second-order valence-corrected chi connectivity index (χ2v) is 8.48. The van der Waals surface area contributed by atoms with Crippen molar-refractivity contribution in [3.63, 3.8) is 0 Å². The van der Waals surface area contributed by atoms with Crippen LogP contribution in [0.2, 0.25) is 5.02 Å². The number of halogens is 3. The van der Waals surface area contributed by atoms with Crippen LogP contribution in [-0.2, 0) is 11.3 Å². The van der Waals surface area contributed by atoms with Crippen LogP contribution in [0.15, 0.2) is 42.6 Å². The van der Waals surface area contributed by atoms with E-state index in [0.29, 0.717) is 43.6 Å².